The summed E-state index contributed by atoms with van der Waals surface area (Å²) in [5, 5.41) is 31.7. The standard InChI is InChI=1S/C27H25NO4/c1-17-13-14-25(24(31)15-17)32-21-10-6-9-20(16-21)28(26-18(2)7-4-11-22(26)29)27-19(3)8-5-12-23(27)30/h4-16,29-31H,1-3H3. The quantitative estimate of drug-likeness (QED) is 0.320. The molecule has 32 heavy (non-hydrogen) atoms. The smallest absolute Gasteiger partial charge is 0.169 e. The Balaban J connectivity index is 1.87. The normalized spacial score (nSPS) is 10.7. The number of hydrogen-bond acceptors (Lipinski definition) is 5. The van der Waals surface area contributed by atoms with E-state index in [9.17, 15) is 15.3 Å². The maximum atomic E-state index is 10.7. The average Bonchev–Trinajstić information content (AvgIpc) is 2.74. The molecule has 0 aliphatic carbocycles. The number of aryl methyl sites for hydroxylation is 3. The Kier molecular flexibility index (Phi) is 5.65. The van der Waals surface area contributed by atoms with Crippen LogP contribution in [0.1, 0.15) is 16.7 Å². The first kappa shape index (κ1) is 21.1. The van der Waals surface area contributed by atoms with E-state index in [-0.39, 0.29) is 17.2 Å². The molecule has 0 spiro atoms. The van der Waals surface area contributed by atoms with E-state index >= 15 is 0 Å². The minimum atomic E-state index is 0.0559. The number of phenols is 3. The van der Waals surface area contributed by atoms with Crippen molar-refractivity contribution in [1.82, 2.24) is 0 Å². The van der Waals surface area contributed by atoms with E-state index in [0.29, 0.717) is 28.6 Å². The Bertz CT molecular complexity index is 1190. The summed E-state index contributed by atoms with van der Waals surface area (Å²) in [7, 11) is 0. The van der Waals surface area contributed by atoms with Crippen LogP contribution in [-0.2, 0) is 0 Å². The van der Waals surface area contributed by atoms with Crippen molar-refractivity contribution in [3.63, 3.8) is 0 Å². The van der Waals surface area contributed by atoms with E-state index in [0.717, 1.165) is 16.7 Å². The molecule has 0 aliphatic rings. The molecule has 4 aromatic rings. The molecule has 0 aliphatic heterocycles. The van der Waals surface area contributed by atoms with Gasteiger partial charge in [-0.3, -0.25) is 0 Å². The van der Waals surface area contributed by atoms with E-state index in [4.69, 9.17) is 4.74 Å². The fourth-order valence-corrected chi connectivity index (χ4v) is 3.77. The molecule has 3 N–H and O–H groups in total. The summed E-state index contributed by atoms with van der Waals surface area (Å²) in [4.78, 5) is 1.82. The van der Waals surface area contributed by atoms with Crippen molar-refractivity contribution in [2.75, 3.05) is 4.90 Å². The van der Waals surface area contributed by atoms with Crippen LogP contribution >= 0.6 is 0 Å². The van der Waals surface area contributed by atoms with Gasteiger partial charge in [0.25, 0.3) is 0 Å². The van der Waals surface area contributed by atoms with Gasteiger partial charge in [-0.2, -0.15) is 0 Å². The minimum absolute atomic E-state index is 0.0559. The molecule has 0 saturated carbocycles. The summed E-state index contributed by atoms with van der Waals surface area (Å²) < 4.78 is 5.95. The van der Waals surface area contributed by atoms with Crippen molar-refractivity contribution < 1.29 is 20.1 Å². The first-order valence-electron chi connectivity index (χ1n) is 10.3. The molecule has 4 rings (SSSR count). The van der Waals surface area contributed by atoms with Crippen molar-refractivity contribution in [2.24, 2.45) is 0 Å². The third kappa shape index (κ3) is 4.05. The fourth-order valence-electron chi connectivity index (χ4n) is 3.77. The van der Waals surface area contributed by atoms with Gasteiger partial charge in [0.2, 0.25) is 0 Å². The zero-order valence-corrected chi connectivity index (χ0v) is 18.2. The summed E-state index contributed by atoms with van der Waals surface area (Å²) in [6.45, 7) is 5.70. The highest BCUT2D eigenvalue weighted by atomic mass is 16.5. The van der Waals surface area contributed by atoms with Gasteiger partial charge in [0.1, 0.15) is 17.2 Å². The number of ether oxygens (including phenoxy) is 1. The molecule has 4 aromatic carbocycles. The first-order chi connectivity index (χ1) is 15.3. The maximum absolute atomic E-state index is 10.7. The Morgan fingerprint density at radius 2 is 1.22 bits per heavy atom. The summed E-state index contributed by atoms with van der Waals surface area (Å²) in [5.41, 5.74) is 4.42. The van der Waals surface area contributed by atoms with E-state index in [2.05, 4.69) is 0 Å². The molecule has 0 bridgehead atoms. The van der Waals surface area contributed by atoms with Gasteiger partial charge >= 0.3 is 0 Å². The van der Waals surface area contributed by atoms with Gasteiger partial charge in [0.15, 0.2) is 11.5 Å². The highest BCUT2D eigenvalue weighted by Crippen LogP contribution is 2.47. The van der Waals surface area contributed by atoms with Crippen LogP contribution < -0.4 is 9.64 Å². The Morgan fingerprint density at radius 1 is 0.625 bits per heavy atom. The molecule has 0 aromatic heterocycles. The average molecular weight is 428 g/mol. The topological polar surface area (TPSA) is 73.2 Å². The number of anilines is 3. The molecule has 162 valence electrons. The second kappa shape index (κ2) is 8.55. The lowest BCUT2D eigenvalue weighted by molar-refractivity contribution is 0.411. The van der Waals surface area contributed by atoms with Crippen LogP contribution in [0.4, 0.5) is 17.1 Å². The number of benzene rings is 4. The van der Waals surface area contributed by atoms with E-state index < -0.39 is 0 Å². The molecule has 5 heteroatoms. The number of para-hydroxylation sites is 2. The maximum Gasteiger partial charge on any atom is 0.169 e. The molecule has 0 fully saturated rings. The number of hydrogen-bond donors (Lipinski definition) is 3. The molecule has 0 radical (unpaired) electrons. The second-order valence-electron chi connectivity index (χ2n) is 7.79. The largest absolute Gasteiger partial charge is 0.506 e. The van der Waals surface area contributed by atoms with Crippen LogP contribution in [0.25, 0.3) is 0 Å². The number of aromatic hydroxyl groups is 3. The Labute approximate surface area is 187 Å². The first-order valence-corrected chi connectivity index (χ1v) is 10.3. The fraction of sp³-hybridized carbons (Fsp3) is 0.111. The van der Waals surface area contributed by atoms with Crippen LogP contribution in [0, 0.1) is 20.8 Å². The van der Waals surface area contributed by atoms with Crippen LogP contribution in [0.2, 0.25) is 0 Å². The SMILES string of the molecule is Cc1ccc(Oc2cccc(N(c3c(C)cccc3O)c3c(C)cccc3O)c2)c(O)c1. The summed E-state index contributed by atoms with van der Waals surface area (Å²) >= 11 is 0. The molecule has 0 heterocycles. The molecule has 0 saturated heterocycles. The van der Waals surface area contributed by atoms with Gasteiger partial charge in [-0.1, -0.05) is 36.4 Å². The molecule has 0 unspecified atom stereocenters. The van der Waals surface area contributed by atoms with Gasteiger partial charge < -0.3 is 25.0 Å². The monoisotopic (exact) mass is 427 g/mol. The van der Waals surface area contributed by atoms with Crippen LogP contribution in [0.3, 0.4) is 0 Å². The van der Waals surface area contributed by atoms with Crippen LogP contribution in [0.15, 0.2) is 78.9 Å². The van der Waals surface area contributed by atoms with Crippen molar-refractivity contribution in [3.05, 3.63) is 95.6 Å². The van der Waals surface area contributed by atoms with Gasteiger partial charge in [-0.05, 0) is 73.9 Å². The molecular weight excluding hydrogens is 402 g/mol. The van der Waals surface area contributed by atoms with Crippen LogP contribution in [-0.4, -0.2) is 15.3 Å². The van der Waals surface area contributed by atoms with Gasteiger partial charge in [0, 0.05) is 6.07 Å². The predicted molar refractivity (Wildman–Crippen MR) is 127 cm³/mol. The zero-order valence-electron chi connectivity index (χ0n) is 18.2. The third-order valence-corrected chi connectivity index (χ3v) is 5.30. The molecular formula is C27H25NO4. The predicted octanol–water partition coefficient (Wildman–Crippen LogP) is 6.99. The van der Waals surface area contributed by atoms with E-state index in [1.165, 1.54) is 0 Å². The van der Waals surface area contributed by atoms with Crippen molar-refractivity contribution >= 4 is 17.1 Å². The van der Waals surface area contributed by atoms with Gasteiger partial charge in [-0.15, -0.1) is 0 Å². The summed E-state index contributed by atoms with van der Waals surface area (Å²) in [5.74, 6) is 1.09. The van der Waals surface area contributed by atoms with E-state index in [1.807, 2.05) is 56.0 Å². The highest BCUT2D eigenvalue weighted by Gasteiger charge is 2.23. The summed E-state index contributed by atoms with van der Waals surface area (Å²) in [6.07, 6.45) is 0. The van der Waals surface area contributed by atoms with Crippen molar-refractivity contribution in [3.8, 4) is 28.7 Å². The lowest BCUT2D eigenvalue weighted by Gasteiger charge is -2.29. The van der Waals surface area contributed by atoms with E-state index in [1.54, 1.807) is 48.5 Å². The zero-order chi connectivity index (χ0) is 22.8. The Hall–Kier alpha value is -4.12. The minimum Gasteiger partial charge on any atom is -0.506 e. The third-order valence-electron chi connectivity index (χ3n) is 5.30. The lowest BCUT2D eigenvalue weighted by Crippen LogP contribution is -2.13. The number of nitrogens with zero attached hydrogens (tertiary/aromatic N) is 1. The lowest BCUT2D eigenvalue weighted by atomic mass is 10.1. The van der Waals surface area contributed by atoms with Gasteiger partial charge in [-0.25, -0.2) is 0 Å². The van der Waals surface area contributed by atoms with Gasteiger partial charge in [0.05, 0.1) is 17.1 Å². The highest BCUT2D eigenvalue weighted by molar-refractivity contribution is 5.86. The molecule has 0 amide bonds. The van der Waals surface area contributed by atoms with Crippen molar-refractivity contribution in [1.29, 1.82) is 0 Å². The molecule has 0 atom stereocenters. The summed E-state index contributed by atoms with van der Waals surface area (Å²) in [6, 6.07) is 23.1. The number of rotatable bonds is 5. The van der Waals surface area contributed by atoms with Crippen molar-refractivity contribution in [2.45, 2.75) is 20.8 Å². The molecule has 5 nitrogen and oxygen atoms in total. The number of phenolic OH excluding ortho intramolecular Hbond substituents is 3. The Morgan fingerprint density at radius 3 is 1.78 bits per heavy atom. The van der Waals surface area contributed by atoms with Crippen LogP contribution in [0.5, 0.6) is 28.7 Å². The second-order valence-corrected chi connectivity index (χ2v) is 7.79.